The third-order valence-corrected chi connectivity index (χ3v) is 3.46. The molecule has 0 amide bonds. The Hall–Kier alpha value is -2.89. The Bertz CT molecular complexity index is 855. The largest absolute Gasteiger partial charge is 0.456 e. The normalized spacial score (nSPS) is 10.7. The van der Waals surface area contributed by atoms with Crippen molar-refractivity contribution in [1.82, 2.24) is 14.4 Å². The average molecular weight is 310 g/mol. The smallest absolute Gasteiger partial charge is 0.358 e. The lowest BCUT2D eigenvalue weighted by Gasteiger charge is -2.12. The fraction of sp³-hybridized carbons (Fsp3) is 0.235. The number of aryl methyl sites for hydroxylation is 1. The van der Waals surface area contributed by atoms with E-state index >= 15 is 0 Å². The van der Waals surface area contributed by atoms with E-state index in [1.54, 1.807) is 16.8 Å². The van der Waals surface area contributed by atoms with Crippen LogP contribution in [-0.2, 0) is 11.3 Å². The first kappa shape index (κ1) is 15.0. The van der Waals surface area contributed by atoms with E-state index in [1.165, 1.54) is 0 Å². The lowest BCUT2D eigenvalue weighted by molar-refractivity contribution is 0.0466. The van der Waals surface area contributed by atoms with Gasteiger partial charge in [-0.25, -0.2) is 14.8 Å². The molecule has 3 rings (SSSR count). The quantitative estimate of drug-likeness (QED) is 0.693. The molecule has 3 heterocycles. The maximum atomic E-state index is 12.2. The zero-order valence-electron chi connectivity index (χ0n) is 13.4. The third-order valence-electron chi connectivity index (χ3n) is 3.46. The Morgan fingerprint density at radius 2 is 2.13 bits per heavy atom. The summed E-state index contributed by atoms with van der Waals surface area (Å²) in [7, 11) is 3.83. The van der Waals surface area contributed by atoms with E-state index in [-0.39, 0.29) is 6.61 Å². The number of imidazole rings is 1. The number of esters is 1. The summed E-state index contributed by atoms with van der Waals surface area (Å²) in [6.07, 6.45) is 5.25. The van der Waals surface area contributed by atoms with Gasteiger partial charge in [-0.05, 0) is 42.3 Å². The molecule has 3 aromatic rings. The van der Waals surface area contributed by atoms with Crippen LogP contribution in [0.2, 0.25) is 0 Å². The molecule has 0 unspecified atom stereocenters. The lowest BCUT2D eigenvalue weighted by atomic mass is 10.3. The highest BCUT2D eigenvalue weighted by Gasteiger charge is 2.12. The van der Waals surface area contributed by atoms with Gasteiger partial charge in [0.15, 0.2) is 5.69 Å². The van der Waals surface area contributed by atoms with Crippen LogP contribution in [0.4, 0.5) is 5.82 Å². The molecule has 118 valence electrons. The number of ether oxygens (including phenoxy) is 1. The number of anilines is 1. The van der Waals surface area contributed by atoms with Crippen LogP contribution in [-0.4, -0.2) is 34.4 Å². The Morgan fingerprint density at radius 3 is 2.91 bits per heavy atom. The van der Waals surface area contributed by atoms with E-state index in [4.69, 9.17) is 4.74 Å². The summed E-state index contributed by atoms with van der Waals surface area (Å²) in [4.78, 5) is 22.6. The molecule has 0 saturated carbocycles. The number of nitrogens with zero attached hydrogens (tertiary/aromatic N) is 4. The van der Waals surface area contributed by atoms with Crippen LogP contribution in [0, 0.1) is 6.92 Å². The standard InChI is InChI=1S/C17H18N4O2/c1-12-5-7-21-10-14(19-16(21)8-12)17(22)23-11-13-4-6-18-15(9-13)20(2)3/h4-10H,11H2,1-3H3. The van der Waals surface area contributed by atoms with Crippen LogP contribution in [0.5, 0.6) is 0 Å². The first-order valence-electron chi connectivity index (χ1n) is 7.27. The number of carbonyl (C=O) groups is 1. The average Bonchev–Trinajstić information content (AvgIpc) is 2.96. The van der Waals surface area contributed by atoms with Gasteiger partial charge in [0, 0.05) is 32.7 Å². The van der Waals surface area contributed by atoms with Gasteiger partial charge < -0.3 is 14.0 Å². The fourth-order valence-electron chi connectivity index (χ4n) is 2.20. The van der Waals surface area contributed by atoms with Crippen molar-refractivity contribution in [3.05, 3.63) is 59.7 Å². The number of pyridine rings is 2. The molecule has 0 N–H and O–H groups in total. The summed E-state index contributed by atoms with van der Waals surface area (Å²) >= 11 is 0. The molecule has 0 atom stereocenters. The van der Waals surface area contributed by atoms with Crippen molar-refractivity contribution in [2.75, 3.05) is 19.0 Å². The maximum absolute atomic E-state index is 12.2. The zero-order valence-corrected chi connectivity index (χ0v) is 13.4. The minimum atomic E-state index is -0.436. The molecule has 0 fully saturated rings. The monoisotopic (exact) mass is 310 g/mol. The van der Waals surface area contributed by atoms with Crippen molar-refractivity contribution in [2.45, 2.75) is 13.5 Å². The van der Waals surface area contributed by atoms with E-state index in [0.717, 1.165) is 22.6 Å². The molecule has 6 heteroatoms. The number of rotatable bonds is 4. The van der Waals surface area contributed by atoms with Crippen LogP contribution >= 0.6 is 0 Å². The Kier molecular flexibility index (Phi) is 3.97. The van der Waals surface area contributed by atoms with Crippen LogP contribution in [0.1, 0.15) is 21.6 Å². The van der Waals surface area contributed by atoms with Crippen molar-refractivity contribution < 1.29 is 9.53 Å². The molecule has 0 aromatic carbocycles. The Balaban J connectivity index is 1.72. The summed E-state index contributed by atoms with van der Waals surface area (Å²) in [5, 5.41) is 0. The van der Waals surface area contributed by atoms with Gasteiger partial charge in [-0.1, -0.05) is 0 Å². The van der Waals surface area contributed by atoms with Crippen molar-refractivity contribution in [3.8, 4) is 0 Å². The second-order valence-electron chi connectivity index (χ2n) is 5.59. The van der Waals surface area contributed by atoms with Gasteiger partial charge in [0.1, 0.15) is 18.1 Å². The summed E-state index contributed by atoms with van der Waals surface area (Å²) in [6.45, 7) is 2.17. The van der Waals surface area contributed by atoms with Crippen LogP contribution in [0.3, 0.4) is 0 Å². The molecule has 3 aromatic heterocycles. The molecule has 0 bridgehead atoms. The maximum Gasteiger partial charge on any atom is 0.358 e. The predicted octanol–water partition coefficient (Wildman–Crippen LogP) is 2.46. The Morgan fingerprint density at radius 1 is 1.30 bits per heavy atom. The molecular weight excluding hydrogens is 292 g/mol. The summed E-state index contributed by atoms with van der Waals surface area (Å²) < 4.78 is 7.15. The van der Waals surface area contributed by atoms with E-state index in [9.17, 15) is 4.79 Å². The second-order valence-corrected chi connectivity index (χ2v) is 5.59. The van der Waals surface area contributed by atoms with Crippen molar-refractivity contribution in [1.29, 1.82) is 0 Å². The predicted molar refractivity (Wildman–Crippen MR) is 87.6 cm³/mol. The molecule has 0 radical (unpaired) electrons. The number of carbonyl (C=O) groups excluding carboxylic acids is 1. The number of aromatic nitrogens is 3. The first-order chi connectivity index (χ1) is 11.0. The van der Waals surface area contributed by atoms with Gasteiger partial charge in [-0.2, -0.15) is 0 Å². The van der Waals surface area contributed by atoms with Gasteiger partial charge >= 0.3 is 5.97 Å². The molecule has 0 aliphatic rings. The first-order valence-corrected chi connectivity index (χ1v) is 7.27. The van der Waals surface area contributed by atoms with Crippen LogP contribution in [0.15, 0.2) is 42.9 Å². The van der Waals surface area contributed by atoms with Crippen molar-refractivity contribution in [2.24, 2.45) is 0 Å². The van der Waals surface area contributed by atoms with E-state index in [0.29, 0.717) is 5.69 Å². The third kappa shape index (κ3) is 3.31. The molecule has 0 aliphatic heterocycles. The molecule has 23 heavy (non-hydrogen) atoms. The minimum Gasteiger partial charge on any atom is -0.456 e. The molecule has 0 aliphatic carbocycles. The molecule has 0 saturated heterocycles. The number of hydrogen-bond donors (Lipinski definition) is 0. The van der Waals surface area contributed by atoms with E-state index in [1.807, 2.05) is 56.4 Å². The van der Waals surface area contributed by atoms with Crippen LogP contribution < -0.4 is 4.90 Å². The van der Waals surface area contributed by atoms with E-state index < -0.39 is 5.97 Å². The minimum absolute atomic E-state index is 0.190. The van der Waals surface area contributed by atoms with Gasteiger partial charge in [-0.3, -0.25) is 0 Å². The highest BCUT2D eigenvalue weighted by molar-refractivity contribution is 5.88. The Labute approximate surface area is 134 Å². The number of fused-ring (bicyclic) bond motifs is 1. The van der Waals surface area contributed by atoms with Gasteiger partial charge in [0.05, 0.1) is 0 Å². The summed E-state index contributed by atoms with van der Waals surface area (Å²) in [5.74, 6) is 0.385. The highest BCUT2D eigenvalue weighted by atomic mass is 16.5. The second kappa shape index (κ2) is 6.08. The highest BCUT2D eigenvalue weighted by Crippen LogP contribution is 2.12. The molecule has 0 spiro atoms. The van der Waals surface area contributed by atoms with Crippen LogP contribution in [0.25, 0.3) is 5.65 Å². The lowest BCUT2D eigenvalue weighted by Crippen LogP contribution is -2.11. The van der Waals surface area contributed by atoms with Crippen molar-refractivity contribution >= 4 is 17.4 Å². The van der Waals surface area contributed by atoms with Crippen molar-refractivity contribution in [3.63, 3.8) is 0 Å². The van der Waals surface area contributed by atoms with E-state index in [2.05, 4.69) is 9.97 Å². The summed E-state index contributed by atoms with van der Waals surface area (Å²) in [6, 6.07) is 7.60. The fourth-order valence-corrected chi connectivity index (χ4v) is 2.20. The topological polar surface area (TPSA) is 59.7 Å². The van der Waals surface area contributed by atoms with Gasteiger partial charge in [0.25, 0.3) is 0 Å². The summed E-state index contributed by atoms with van der Waals surface area (Å²) in [5.41, 5.74) is 3.01. The molecular formula is C17H18N4O2. The van der Waals surface area contributed by atoms with Gasteiger partial charge in [0.2, 0.25) is 0 Å². The SMILES string of the molecule is Cc1ccn2cc(C(=O)OCc3ccnc(N(C)C)c3)nc2c1. The number of hydrogen-bond acceptors (Lipinski definition) is 5. The molecule has 6 nitrogen and oxygen atoms in total. The van der Waals surface area contributed by atoms with Gasteiger partial charge in [-0.15, -0.1) is 0 Å². The zero-order chi connectivity index (χ0) is 16.4.